The largest absolute Gasteiger partial charge is 0.508 e. The Bertz CT molecular complexity index is 981. The first-order chi connectivity index (χ1) is 17.7. The number of nitrogens with one attached hydrogen (secondary N) is 3. The number of nitrogens with two attached hydrogens (primary N) is 2. The van der Waals surface area contributed by atoms with E-state index in [1.807, 2.05) is 38.1 Å². The molecule has 1 fully saturated rings. The fourth-order valence-corrected chi connectivity index (χ4v) is 2.92. The SMILES string of the molecule is CCN.CCN/C(C=N)=C(\OCC1(C)CC1)C(=O)Nc1cccc(O)c1.CO.Nc1cccc(CS)c1. The number of aliphatic hydroxyl groups is 1. The lowest BCUT2D eigenvalue weighted by atomic mass is 10.2. The molecule has 2 aromatic rings. The predicted octanol–water partition coefficient (Wildman–Crippen LogP) is 3.89. The van der Waals surface area contributed by atoms with Crippen LogP contribution in [0.15, 0.2) is 60.0 Å². The average molecular weight is 534 g/mol. The van der Waals surface area contributed by atoms with E-state index in [9.17, 15) is 9.90 Å². The molecule has 0 aromatic heterocycles. The third-order valence-electron chi connectivity index (χ3n) is 4.87. The second-order valence-corrected chi connectivity index (χ2v) is 8.65. The van der Waals surface area contributed by atoms with Crippen LogP contribution in [0.3, 0.4) is 0 Å². The van der Waals surface area contributed by atoms with Crippen LogP contribution in [-0.4, -0.2) is 49.1 Å². The monoisotopic (exact) mass is 533 g/mol. The van der Waals surface area contributed by atoms with Crippen LogP contribution in [0.1, 0.15) is 39.2 Å². The van der Waals surface area contributed by atoms with Crippen molar-refractivity contribution in [1.82, 2.24) is 5.32 Å². The van der Waals surface area contributed by atoms with Crippen LogP contribution in [0.4, 0.5) is 11.4 Å². The molecule has 0 bridgehead atoms. The van der Waals surface area contributed by atoms with Crippen molar-refractivity contribution in [1.29, 1.82) is 5.41 Å². The highest BCUT2D eigenvalue weighted by Gasteiger charge is 2.39. The van der Waals surface area contributed by atoms with Crippen molar-refractivity contribution < 1.29 is 19.7 Å². The number of rotatable bonds is 9. The van der Waals surface area contributed by atoms with E-state index < -0.39 is 5.91 Å². The zero-order valence-corrected chi connectivity index (χ0v) is 23.1. The molecule has 0 radical (unpaired) electrons. The number of aliphatic hydroxyl groups excluding tert-OH is 1. The zero-order valence-electron chi connectivity index (χ0n) is 22.3. The van der Waals surface area contributed by atoms with Crippen LogP contribution in [0.2, 0.25) is 0 Å². The molecule has 3 rings (SSSR count). The number of aromatic hydroxyl groups is 1. The number of amides is 1. The lowest BCUT2D eigenvalue weighted by molar-refractivity contribution is -0.116. The summed E-state index contributed by atoms with van der Waals surface area (Å²) in [5, 5.41) is 29.6. The smallest absolute Gasteiger partial charge is 0.293 e. The average Bonchev–Trinajstić information content (AvgIpc) is 3.62. The van der Waals surface area contributed by atoms with Crippen molar-refractivity contribution in [3.05, 3.63) is 65.6 Å². The van der Waals surface area contributed by atoms with Crippen molar-refractivity contribution in [2.75, 3.05) is 37.9 Å². The molecule has 0 unspecified atom stereocenters. The topological polar surface area (TPSA) is 167 Å². The number of carbonyl (C=O) groups excluding carboxylic acids is 1. The number of phenols is 1. The van der Waals surface area contributed by atoms with Gasteiger partial charge in [0.2, 0.25) is 5.76 Å². The highest BCUT2D eigenvalue weighted by molar-refractivity contribution is 7.79. The number of nitrogen functional groups attached to an aromatic ring is 1. The molecule has 2 aromatic carbocycles. The zero-order chi connectivity index (χ0) is 28.3. The molecule has 1 amide bonds. The molecule has 0 atom stereocenters. The van der Waals surface area contributed by atoms with Crippen LogP contribution >= 0.6 is 12.6 Å². The highest BCUT2D eigenvalue weighted by Crippen LogP contribution is 2.45. The van der Waals surface area contributed by atoms with E-state index in [0.29, 0.717) is 24.5 Å². The minimum atomic E-state index is -0.445. The molecule has 10 heteroatoms. The Labute approximate surface area is 226 Å². The summed E-state index contributed by atoms with van der Waals surface area (Å²) < 4.78 is 5.73. The van der Waals surface area contributed by atoms with Gasteiger partial charge >= 0.3 is 0 Å². The normalized spacial score (nSPS) is 12.9. The van der Waals surface area contributed by atoms with Crippen LogP contribution in [0, 0.1) is 10.8 Å². The molecule has 0 saturated heterocycles. The Morgan fingerprint density at radius 3 is 2.27 bits per heavy atom. The van der Waals surface area contributed by atoms with Gasteiger partial charge in [0, 0.05) is 48.5 Å². The van der Waals surface area contributed by atoms with Gasteiger partial charge in [-0.2, -0.15) is 12.6 Å². The molecule has 37 heavy (non-hydrogen) atoms. The number of phenolic OH excluding ortho intramolecular Hbond substituents is 1. The maximum Gasteiger partial charge on any atom is 0.293 e. The van der Waals surface area contributed by atoms with Crippen molar-refractivity contribution in [2.24, 2.45) is 11.1 Å². The summed E-state index contributed by atoms with van der Waals surface area (Å²) in [4.78, 5) is 12.5. The van der Waals surface area contributed by atoms with E-state index in [1.165, 1.54) is 17.7 Å². The first-order valence-corrected chi connectivity index (χ1v) is 12.7. The molecular formula is C27H43N5O4S. The standard InChI is InChI=1S/C17H23N3O3.C7H9NS.C2H7N.CH4O/c1-3-19-14(10-18)15(23-11-17(2)7-8-17)16(22)20-12-5-4-6-13(21)9-12;8-7-3-1-2-6(4-7)5-9;1-2-3;1-2/h4-6,9-10,18-19,21H,3,7-8,11H2,1-2H3,(H,20,22);1-4,9H,5,8H2;2-3H2,1H3;2H,1H3/b15-14-,18-10?;;;. The fraction of sp³-hybridized carbons (Fsp3) is 0.407. The van der Waals surface area contributed by atoms with Gasteiger partial charge in [-0.25, -0.2) is 0 Å². The summed E-state index contributed by atoms with van der Waals surface area (Å²) in [5.74, 6) is 0.474. The quantitative estimate of drug-likeness (QED) is 0.0795. The third-order valence-corrected chi connectivity index (χ3v) is 5.23. The molecule has 9 N–H and O–H groups in total. The summed E-state index contributed by atoms with van der Waals surface area (Å²) in [6, 6.07) is 14.0. The van der Waals surface area contributed by atoms with E-state index in [4.69, 9.17) is 26.7 Å². The Hall–Kier alpha value is -3.21. The first-order valence-electron chi connectivity index (χ1n) is 12.0. The molecule has 1 aliphatic rings. The molecule has 206 valence electrons. The minimum absolute atomic E-state index is 0.0682. The first kappa shape index (κ1) is 33.8. The van der Waals surface area contributed by atoms with E-state index in [0.717, 1.165) is 44.2 Å². The number of hydrogen-bond acceptors (Lipinski definition) is 9. The van der Waals surface area contributed by atoms with Gasteiger partial charge in [-0.15, -0.1) is 0 Å². The number of benzene rings is 2. The Balaban J connectivity index is 0.000000764. The number of allylic oxidation sites excluding steroid dienone is 1. The molecule has 0 heterocycles. The van der Waals surface area contributed by atoms with Gasteiger partial charge in [-0.3, -0.25) is 4.79 Å². The van der Waals surface area contributed by atoms with E-state index in [1.54, 1.807) is 12.1 Å². The van der Waals surface area contributed by atoms with Crippen LogP contribution < -0.4 is 22.1 Å². The Kier molecular flexibility index (Phi) is 17.3. The fourth-order valence-electron chi connectivity index (χ4n) is 2.72. The third kappa shape index (κ3) is 14.2. The lowest BCUT2D eigenvalue weighted by Gasteiger charge is -2.17. The maximum absolute atomic E-state index is 12.5. The lowest BCUT2D eigenvalue weighted by Crippen LogP contribution is -2.26. The second-order valence-electron chi connectivity index (χ2n) is 8.33. The van der Waals surface area contributed by atoms with Gasteiger partial charge in [-0.05, 0) is 56.1 Å². The van der Waals surface area contributed by atoms with E-state index in [2.05, 4.69) is 30.2 Å². The van der Waals surface area contributed by atoms with Gasteiger partial charge in [0.15, 0.2) is 0 Å². The minimum Gasteiger partial charge on any atom is -0.508 e. The predicted molar refractivity (Wildman–Crippen MR) is 156 cm³/mol. The number of thiol groups is 1. The summed E-state index contributed by atoms with van der Waals surface area (Å²) >= 11 is 4.10. The molecule has 1 saturated carbocycles. The van der Waals surface area contributed by atoms with Crippen LogP contribution in [-0.2, 0) is 15.3 Å². The van der Waals surface area contributed by atoms with Crippen LogP contribution in [0.25, 0.3) is 0 Å². The second kappa shape index (κ2) is 19.0. The molecule has 0 aliphatic heterocycles. The van der Waals surface area contributed by atoms with Gasteiger partial charge in [-0.1, -0.05) is 32.0 Å². The molecule has 0 spiro atoms. The molecule has 9 nitrogen and oxygen atoms in total. The van der Waals surface area contributed by atoms with Gasteiger partial charge in [0.05, 0.1) is 6.61 Å². The van der Waals surface area contributed by atoms with Crippen molar-refractivity contribution >= 4 is 36.1 Å². The maximum atomic E-state index is 12.5. The van der Waals surface area contributed by atoms with Gasteiger partial charge in [0.25, 0.3) is 5.91 Å². The molecular weight excluding hydrogens is 490 g/mol. The Morgan fingerprint density at radius 1 is 1.19 bits per heavy atom. The summed E-state index contributed by atoms with van der Waals surface area (Å²) in [7, 11) is 1.00. The van der Waals surface area contributed by atoms with Crippen LogP contribution in [0.5, 0.6) is 5.75 Å². The van der Waals surface area contributed by atoms with Gasteiger partial charge < -0.3 is 42.5 Å². The van der Waals surface area contributed by atoms with Crippen molar-refractivity contribution in [3.8, 4) is 5.75 Å². The summed E-state index contributed by atoms with van der Waals surface area (Å²) in [6.07, 6.45) is 3.24. The number of carbonyl (C=O) groups is 1. The highest BCUT2D eigenvalue weighted by atomic mass is 32.1. The number of ether oxygens (including phenoxy) is 1. The van der Waals surface area contributed by atoms with E-state index in [-0.39, 0.29) is 16.9 Å². The van der Waals surface area contributed by atoms with Crippen molar-refractivity contribution in [3.63, 3.8) is 0 Å². The summed E-state index contributed by atoms with van der Waals surface area (Å²) in [6.45, 7) is 7.67. The number of anilines is 2. The van der Waals surface area contributed by atoms with Gasteiger partial charge in [0.1, 0.15) is 11.4 Å². The molecule has 1 aliphatic carbocycles. The number of hydrogen-bond donors (Lipinski definition) is 8. The summed E-state index contributed by atoms with van der Waals surface area (Å²) in [5.41, 5.74) is 13.2. The van der Waals surface area contributed by atoms with E-state index >= 15 is 0 Å². The Morgan fingerprint density at radius 2 is 1.81 bits per heavy atom. The van der Waals surface area contributed by atoms with Crippen molar-refractivity contribution in [2.45, 2.75) is 39.4 Å².